The van der Waals surface area contributed by atoms with Gasteiger partial charge in [-0.3, -0.25) is 4.79 Å². The Balaban J connectivity index is 2.08. The van der Waals surface area contributed by atoms with E-state index in [9.17, 15) is 13.2 Å². The van der Waals surface area contributed by atoms with E-state index in [-0.39, 0.29) is 18.5 Å². The maximum Gasteiger partial charge on any atom is 0.308 e. The molecule has 1 saturated carbocycles. The largest absolute Gasteiger partial charge is 0.481 e. The van der Waals surface area contributed by atoms with Gasteiger partial charge in [0.25, 0.3) is 10.2 Å². The van der Waals surface area contributed by atoms with Gasteiger partial charge in [0.1, 0.15) is 0 Å². The molecule has 0 aromatic carbocycles. The van der Waals surface area contributed by atoms with Crippen molar-refractivity contribution in [2.24, 2.45) is 11.8 Å². The summed E-state index contributed by atoms with van der Waals surface area (Å²) in [6.45, 7) is 2.20. The zero-order chi connectivity index (χ0) is 14.9. The third-order valence-electron chi connectivity index (χ3n) is 4.68. The van der Waals surface area contributed by atoms with E-state index < -0.39 is 22.1 Å². The molecule has 2 aliphatic rings. The predicted octanol–water partition coefficient (Wildman–Crippen LogP) is 1.15. The van der Waals surface area contributed by atoms with E-state index in [1.165, 1.54) is 15.0 Å². The Morgan fingerprint density at radius 3 is 2.30 bits per heavy atom. The maximum absolute atomic E-state index is 12.6. The van der Waals surface area contributed by atoms with Crippen LogP contribution < -0.4 is 0 Å². The lowest BCUT2D eigenvalue weighted by Gasteiger charge is -2.33. The van der Waals surface area contributed by atoms with Gasteiger partial charge in [-0.15, -0.1) is 0 Å². The first-order chi connectivity index (χ1) is 9.34. The number of hydrogen-bond donors (Lipinski definition) is 1. The van der Waals surface area contributed by atoms with Crippen molar-refractivity contribution in [1.82, 2.24) is 8.61 Å². The SMILES string of the molecule is C[C@@H]1CN(S(=O)(=O)N(C)C2CCCCC2)C[C@H]1C(=O)O. The van der Waals surface area contributed by atoms with Crippen LogP contribution in [0.5, 0.6) is 0 Å². The number of carbonyl (C=O) groups is 1. The smallest absolute Gasteiger partial charge is 0.308 e. The van der Waals surface area contributed by atoms with Crippen molar-refractivity contribution in [3.63, 3.8) is 0 Å². The highest BCUT2D eigenvalue weighted by molar-refractivity contribution is 7.86. The number of hydrogen-bond acceptors (Lipinski definition) is 3. The van der Waals surface area contributed by atoms with Crippen LogP contribution in [0.15, 0.2) is 0 Å². The van der Waals surface area contributed by atoms with Crippen LogP contribution in [0.1, 0.15) is 39.0 Å². The molecule has 0 bridgehead atoms. The van der Waals surface area contributed by atoms with Crippen LogP contribution in [-0.4, -0.2) is 54.3 Å². The van der Waals surface area contributed by atoms with Crippen molar-refractivity contribution in [2.45, 2.75) is 45.1 Å². The second-order valence-corrected chi connectivity index (χ2v) is 8.04. The standard InChI is InChI=1S/C13H24N2O4S/c1-10-8-15(9-12(10)13(16)17)20(18,19)14(2)11-6-4-3-5-7-11/h10-12H,3-9H2,1-2H3,(H,16,17)/t10-,12-/m1/s1. The summed E-state index contributed by atoms with van der Waals surface area (Å²) < 4.78 is 28.0. The molecule has 2 atom stereocenters. The van der Waals surface area contributed by atoms with Crippen molar-refractivity contribution < 1.29 is 18.3 Å². The Bertz CT molecular complexity index is 459. The highest BCUT2D eigenvalue weighted by Gasteiger charge is 2.42. The monoisotopic (exact) mass is 304 g/mol. The summed E-state index contributed by atoms with van der Waals surface area (Å²) in [5.41, 5.74) is 0. The molecule has 0 radical (unpaired) electrons. The van der Waals surface area contributed by atoms with Gasteiger partial charge in [0.2, 0.25) is 0 Å². The molecule has 20 heavy (non-hydrogen) atoms. The molecule has 2 fully saturated rings. The number of rotatable bonds is 4. The molecule has 1 aliphatic carbocycles. The van der Waals surface area contributed by atoms with E-state index in [1.807, 2.05) is 0 Å². The van der Waals surface area contributed by atoms with Crippen molar-refractivity contribution in [3.05, 3.63) is 0 Å². The van der Waals surface area contributed by atoms with Crippen LogP contribution in [0.4, 0.5) is 0 Å². The molecule has 1 saturated heterocycles. The van der Waals surface area contributed by atoms with Crippen LogP contribution in [-0.2, 0) is 15.0 Å². The zero-order valence-electron chi connectivity index (χ0n) is 12.2. The Kier molecular flexibility index (Phi) is 4.71. The first-order valence-corrected chi connectivity index (χ1v) is 8.69. The van der Waals surface area contributed by atoms with Gasteiger partial charge in [-0.05, 0) is 18.8 Å². The van der Waals surface area contributed by atoms with Gasteiger partial charge in [-0.25, -0.2) is 0 Å². The van der Waals surface area contributed by atoms with Crippen LogP contribution in [0, 0.1) is 11.8 Å². The average molecular weight is 304 g/mol. The number of nitrogens with zero attached hydrogens (tertiary/aromatic N) is 2. The normalized spacial score (nSPS) is 29.9. The van der Waals surface area contributed by atoms with Gasteiger partial charge in [0, 0.05) is 26.2 Å². The molecule has 1 N–H and O–H groups in total. The Morgan fingerprint density at radius 1 is 1.20 bits per heavy atom. The molecular formula is C13H24N2O4S. The molecule has 0 unspecified atom stereocenters. The fraction of sp³-hybridized carbons (Fsp3) is 0.923. The van der Waals surface area contributed by atoms with Gasteiger partial charge in [-0.1, -0.05) is 26.2 Å². The van der Waals surface area contributed by atoms with Gasteiger partial charge in [0.15, 0.2) is 0 Å². The summed E-state index contributed by atoms with van der Waals surface area (Å²) in [5.74, 6) is -1.64. The summed E-state index contributed by atoms with van der Waals surface area (Å²) in [6.07, 6.45) is 5.12. The highest BCUT2D eigenvalue weighted by Crippen LogP contribution is 2.30. The molecular weight excluding hydrogens is 280 g/mol. The Morgan fingerprint density at radius 2 is 1.80 bits per heavy atom. The van der Waals surface area contributed by atoms with Crippen LogP contribution >= 0.6 is 0 Å². The maximum atomic E-state index is 12.6. The van der Waals surface area contributed by atoms with Crippen LogP contribution in [0.3, 0.4) is 0 Å². The Labute approximate surface area is 120 Å². The third-order valence-corrected chi connectivity index (χ3v) is 6.65. The fourth-order valence-electron chi connectivity index (χ4n) is 3.25. The van der Waals surface area contributed by atoms with E-state index in [0.29, 0.717) is 6.54 Å². The van der Waals surface area contributed by atoms with Crippen molar-refractivity contribution >= 4 is 16.2 Å². The molecule has 1 aliphatic heterocycles. The first-order valence-electron chi connectivity index (χ1n) is 7.30. The number of carboxylic acid groups (broad SMARTS) is 1. The summed E-state index contributed by atoms with van der Waals surface area (Å²) in [5, 5.41) is 9.12. The topological polar surface area (TPSA) is 77.9 Å². The lowest BCUT2D eigenvalue weighted by atomic mass is 9.96. The molecule has 116 valence electrons. The van der Waals surface area contributed by atoms with Gasteiger partial charge >= 0.3 is 5.97 Å². The van der Waals surface area contributed by atoms with E-state index >= 15 is 0 Å². The quantitative estimate of drug-likeness (QED) is 0.845. The highest BCUT2D eigenvalue weighted by atomic mass is 32.2. The van der Waals surface area contributed by atoms with E-state index in [1.54, 1.807) is 14.0 Å². The molecule has 7 heteroatoms. The molecule has 1 heterocycles. The summed E-state index contributed by atoms with van der Waals surface area (Å²) in [6, 6.07) is 0.0629. The molecule has 0 spiro atoms. The molecule has 0 aromatic heterocycles. The van der Waals surface area contributed by atoms with E-state index in [2.05, 4.69) is 0 Å². The van der Waals surface area contributed by atoms with Crippen molar-refractivity contribution in [2.75, 3.05) is 20.1 Å². The summed E-state index contributed by atoms with van der Waals surface area (Å²) in [7, 11) is -1.91. The van der Waals surface area contributed by atoms with E-state index in [4.69, 9.17) is 5.11 Å². The lowest BCUT2D eigenvalue weighted by Crippen LogP contribution is -2.46. The Hall–Kier alpha value is -0.660. The lowest BCUT2D eigenvalue weighted by molar-refractivity contribution is -0.142. The van der Waals surface area contributed by atoms with Crippen LogP contribution in [0.25, 0.3) is 0 Å². The van der Waals surface area contributed by atoms with Gasteiger partial charge in [0.05, 0.1) is 5.92 Å². The minimum atomic E-state index is -3.53. The molecule has 0 aromatic rings. The van der Waals surface area contributed by atoms with Crippen LogP contribution in [0.2, 0.25) is 0 Å². The van der Waals surface area contributed by atoms with Gasteiger partial charge in [-0.2, -0.15) is 17.0 Å². The predicted molar refractivity (Wildman–Crippen MR) is 75.4 cm³/mol. The average Bonchev–Trinajstić information content (AvgIpc) is 2.82. The minimum absolute atomic E-state index is 0.0629. The number of aliphatic carboxylic acids is 1. The zero-order valence-corrected chi connectivity index (χ0v) is 13.0. The molecule has 6 nitrogen and oxygen atoms in total. The van der Waals surface area contributed by atoms with Crippen molar-refractivity contribution in [1.29, 1.82) is 0 Å². The van der Waals surface area contributed by atoms with Crippen molar-refractivity contribution in [3.8, 4) is 0 Å². The van der Waals surface area contributed by atoms with Gasteiger partial charge < -0.3 is 5.11 Å². The number of carboxylic acids is 1. The minimum Gasteiger partial charge on any atom is -0.481 e. The first kappa shape index (κ1) is 15.7. The molecule has 0 amide bonds. The third kappa shape index (κ3) is 2.99. The molecule has 2 rings (SSSR count). The second kappa shape index (κ2) is 5.99. The van der Waals surface area contributed by atoms with E-state index in [0.717, 1.165) is 25.7 Å². The second-order valence-electron chi connectivity index (χ2n) is 6.05. The summed E-state index contributed by atoms with van der Waals surface area (Å²) >= 11 is 0. The fourth-order valence-corrected chi connectivity index (χ4v) is 4.97. The summed E-state index contributed by atoms with van der Waals surface area (Å²) in [4.78, 5) is 11.1.